The highest BCUT2D eigenvalue weighted by Gasteiger charge is 2.02. The summed E-state index contributed by atoms with van der Waals surface area (Å²) < 4.78 is 13.9. The van der Waals surface area contributed by atoms with E-state index in [0.717, 1.165) is 28.4 Å². The van der Waals surface area contributed by atoms with Gasteiger partial charge >= 0.3 is 0 Å². The van der Waals surface area contributed by atoms with Gasteiger partial charge in [-0.25, -0.2) is 9.37 Å². The Balaban J connectivity index is 2.10. The molecule has 0 aliphatic carbocycles. The normalized spacial score (nSPS) is 10.5. The maximum absolute atomic E-state index is 13.2. The minimum Gasteiger partial charge on any atom is -0.383 e. The largest absolute Gasteiger partial charge is 0.383 e. The first-order valence-electron chi connectivity index (χ1n) is 5.29. The van der Waals surface area contributed by atoms with Crippen molar-refractivity contribution in [3.63, 3.8) is 0 Å². The van der Waals surface area contributed by atoms with Gasteiger partial charge in [0.15, 0.2) is 0 Å². The minimum atomic E-state index is -0.228. The van der Waals surface area contributed by atoms with Crippen molar-refractivity contribution in [2.75, 3.05) is 5.73 Å². The van der Waals surface area contributed by atoms with E-state index < -0.39 is 0 Å². The van der Waals surface area contributed by atoms with E-state index in [4.69, 9.17) is 5.73 Å². The van der Waals surface area contributed by atoms with Crippen LogP contribution in [0.3, 0.4) is 0 Å². The molecule has 2 N–H and O–H groups in total. The molecule has 0 fully saturated rings. The standard InChI is InChI=1S/C13H12BrFN2/c14-11-6-9(7-12(15)8-11)3-4-10-2-1-5-17-13(10)16/h1-2,5-8H,3-4H2,(H2,16,17). The van der Waals surface area contributed by atoms with E-state index in [2.05, 4.69) is 20.9 Å². The van der Waals surface area contributed by atoms with Gasteiger partial charge in [-0.2, -0.15) is 0 Å². The van der Waals surface area contributed by atoms with Crippen LogP contribution in [-0.4, -0.2) is 4.98 Å². The molecule has 17 heavy (non-hydrogen) atoms. The van der Waals surface area contributed by atoms with Gasteiger partial charge in [0.05, 0.1) is 0 Å². The lowest BCUT2D eigenvalue weighted by molar-refractivity contribution is 0.624. The average molecular weight is 295 g/mol. The quantitative estimate of drug-likeness (QED) is 0.943. The first-order chi connectivity index (χ1) is 8.15. The van der Waals surface area contributed by atoms with Gasteiger partial charge in [0, 0.05) is 10.7 Å². The highest BCUT2D eigenvalue weighted by atomic mass is 79.9. The lowest BCUT2D eigenvalue weighted by Gasteiger charge is -2.05. The lowest BCUT2D eigenvalue weighted by Crippen LogP contribution is -1.99. The maximum atomic E-state index is 13.2. The van der Waals surface area contributed by atoms with Gasteiger partial charge in [-0.15, -0.1) is 0 Å². The molecular formula is C13H12BrFN2. The third kappa shape index (κ3) is 3.27. The lowest BCUT2D eigenvalue weighted by atomic mass is 10.1. The van der Waals surface area contributed by atoms with Crippen LogP contribution in [0.15, 0.2) is 41.0 Å². The summed E-state index contributed by atoms with van der Waals surface area (Å²) in [4.78, 5) is 4.02. The van der Waals surface area contributed by atoms with Gasteiger partial charge < -0.3 is 5.73 Å². The number of hydrogen-bond donors (Lipinski definition) is 1. The molecule has 2 nitrogen and oxygen atoms in total. The molecule has 0 atom stereocenters. The van der Waals surface area contributed by atoms with Crippen LogP contribution in [-0.2, 0) is 12.8 Å². The highest BCUT2D eigenvalue weighted by molar-refractivity contribution is 9.10. The molecule has 0 amide bonds. The van der Waals surface area contributed by atoms with E-state index in [1.165, 1.54) is 12.1 Å². The molecule has 0 aliphatic heterocycles. The fourth-order valence-corrected chi connectivity index (χ4v) is 2.21. The van der Waals surface area contributed by atoms with Crippen LogP contribution in [0.25, 0.3) is 0 Å². The number of halogens is 2. The number of aryl methyl sites for hydroxylation is 2. The van der Waals surface area contributed by atoms with Crippen molar-refractivity contribution in [2.24, 2.45) is 0 Å². The Kier molecular flexibility index (Phi) is 3.74. The Morgan fingerprint density at radius 1 is 1.24 bits per heavy atom. The summed E-state index contributed by atoms with van der Waals surface area (Å²) >= 11 is 3.28. The summed E-state index contributed by atoms with van der Waals surface area (Å²) in [5.74, 6) is 0.316. The molecule has 1 aromatic heterocycles. The van der Waals surface area contributed by atoms with Crippen LogP contribution in [0.5, 0.6) is 0 Å². The number of rotatable bonds is 3. The van der Waals surface area contributed by atoms with Crippen molar-refractivity contribution >= 4 is 21.7 Å². The molecule has 0 unspecified atom stereocenters. The monoisotopic (exact) mass is 294 g/mol. The van der Waals surface area contributed by atoms with Crippen LogP contribution in [0.4, 0.5) is 10.2 Å². The number of anilines is 1. The Bertz CT molecular complexity index is 508. The molecular weight excluding hydrogens is 283 g/mol. The molecule has 0 saturated heterocycles. The second-order valence-corrected chi connectivity index (χ2v) is 4.74. The van der Waals surface area contributed by atoms with Crippen molar-refractivity contribution in [3.05, 3.63) is 57.9 Å². The molecule has 1 heterocycles. The molecule has 88 valence electrons. The van der Waals surface area contributed by atoms with E-state index in [0.29, 0.717) is 5.82 Å². The van der Waals surface area contributed by atoms with Crippen molar-refractivity contribution < 1.29 is 4.39 Å². The fourth-order valence-electron chi connectivity index (χ4n) is 1.70. The van der Waals surface area contributed by atoms with Gasteiger partial charge in [-0.05, 0) is 48.2 Å². The number of nitrogen functional groups attached to an aromatic ring is 1. The predicted molar refractivity (Wildman–Crippen MR) is 70.2 cm³/mol. The Morgan fingerprint density at radius 3 is 2.76 bits per heavy atom. The molecule has 0 radical (unpaired) electrons. The van der Waals surface area contributed by atoms with Crippen molar-refractivity contribution in [1.29, 1.82) is 0 Å². The molecule has 0 bridgehead atoms. The molecule has 0 spiro atoms. The summed E-state index contributed by atoms with van der Waals surface area (Å²) in [5, 5.41) is 0. The van der Waals surface area contributed by atoms with Gasteiger partial charge in [0.2, 0.25) is 0 Å². The Labute approximate surface area is 108 Å². The summed E-state index contributed by atoms with van der Waals surface area (Å²) in [6, 6.07) is 8.69. The van der Waals surface area contributed by atoms with Crippen molar-refractivity contribution in [3.8, 4) is 0 Å². The zero-order valence-corrected chi connectivity index (χ0v) is 10.7. The van der Waals surface area contributed by atoms with E-state index in [-0.39, 0.29) is 5.82 Å². The summed E-state index contributed by atoms with van der Waals surface area (Å²) in [7, 11) is 0. The average Bonchev–Trinajstić information content (AvgIpc) is 2.27. The second-order valence-electron chi connectivity index (χ2n) is 3.83. The highest BCUT2D eigenvalue weighted by Crippen LogP contribution is 2.17. The van der Waals surface area contributed by atoms with Crippen LogP contribution in [0, 0.1) is 5.82 Å². The number of hydrogen-bond acceptors (Lipinski definition) is 2. The number of nitrogens with zero attached hydrogens (tertiary/aromatic N) is 1. The first kappa shape index (κ1) is 12.0. The molecule has 2 aromatic rings. The van der Waals surface area contributed by atoms with Crippen LogP contribution in [0.1, 0.15) is 11.1 Å². The molecule has 1 aromatic carbocycles. The number of nitrogens with two attached hydrogens (primary N) is 1. The van der Waals surface area contributed by atoms with E-state index in [1.807, 2.05) is 18.2 Å². The molecule has 4 heteroatoms. The third-order valence-electron chi connectivity index (χ3n) is 2.53. The van der Waals surface area contributed by atoms with Gasteiger partial charge in [-0.1, -0.05) is 22.0 Å². The molecule has 0 saturated carbocycles. The fraction of sp³-hybridized carbons (Fsp3) is 0.154. The van der Waals surface area contributed by atoms with E-state index in [9.17, 15) is 4.39 Å². The van der Waals surface area contributed by atoms with E-state index >= 15 is 0 Å². The second kappa shape index (κ2) is 5.27. The zero-order valence-electron chi connectivity index (χ0n) is 9.16. The number of benzene rings is 1. The zero-order chi connectivity index (χ0) is 12.3. The maximum Gasteiger partial charge on any atom is 0.126 e. The van der Waals surface area contributed by atoms with Crippen LogP contribution < -0.4 is 5.73 Å². The summed E-state index contributed by atoms with van der Waals surface area (Å²) in [6.07, 6.45) is 3.17. The van der Waals surface area contributed by atoms with Crippen LogP contribution in [0.2, 0.25) is 0 Å². The topological polar surface area (TPSA) is 38.9 Å². The van der Waals surface area contributed by atoms with Crippen LogP contribution >= 0.6 is 15.9 Å². The summed E-state index contributed by atoms with van der Waals surface area (Å²) in [5.41, 5.74) is 7.69. The van der Waals surface area contributed by atoms with Crippen molar-refractivity contribution in [2.45, 2.75) is 12.8 Å². The van der Waals surface area contributed by atoms with Gasteiger partial charge in [0.1, 0.15) is 11.6 Å². The smallest absolute Gasteiger partial charge is 0.126 e. The van der Waals surface area contributed by atoms with Gasteiger partial charge in [0.25, 0.3) is 0 Å². The Morgan fingerprint density at radius 2 is 2.06 bits per heavy atom. The van der Waals surface area contributed by atoms with E-state index in [1.54, 1.807) is 6.20 Å². The number of aromatic nitrogens is 1. The van der Waals surface area contributed by atoms with Crippen molar-refractivity contribution in [1.82, 2.24) is 4.98 Å². The molecule has 2 rings (SSSR count). The predicted octanol–water partition coefficient (Wildman–Crippen LogP) is 3.35. The first-order valence-corrected chi connectivity index (χ1v) is 6.09. The molecule has 0 aliphatic rings. The summed E-state index contributed by atoms with van der Waals surface area (Å²) in [6.45, 7) is 0. The Hall–Kier alpha value is -1.42. The third-order valence-corrected chi connectivity index (χ3v) is 2.99. The number of pyridine rings is 1. The van der Waals surface area contributed by atoms with Gasteiger partial charge in [-0.3, -0.25) is 0 Å². The SMILES string of the molecule is Nc1ncccc1CCc1cc(F)cc(Br)c1. The minimum absolute atomic E-state index is 0.228.